The van der Waals surface area contributed by atoms with Crippen molar-refractivity contribution in [2.45, 2.75) is 13.0 Å². The number of nitriles is 1. The van der Waals surface area contributed by atoms with Gasteiger partial charge in [0.25, 0.3) is 0 Å². The Bertz CT molecular complexity index is 492. The number of aliphatic hydroxyl groups is 1. The van der Waals surface area contributed by atoms with Gasteiger partial charge in [0.05, 0.1) is 12.7 Å². The minimum Gasteiger partial charge on any atom is -0.395 e. The third-order valence-corrected chi connectivity index (χ3v) is 3.81. The fourth-order valence-electron chi connectivity index (χ4n) is 2.59. The average molecular weight is 277 g/mol. The number of aryl methyl sites for hydroxylation is 1. The van der Waals surface area contributed by atoms with Gasteiger partial charge in [-0.15, -0.1) is 0 Å². The van der Waals surface area contributed by atoms with Crippen LogP contribution in [0.25, 0.3) is 0 Å². The number of β-amino-alcohol motifs (C(OH)–C–C–N with tert-alkyl or cyclic N) is 1. The molecule has 1 aromatic rings. The highest BCUT2D eigenvalue weighted by atomic mass is 19.1. The summed E-state index contributed by atoms with van der Waals surface area (Å²) in [7, 11) is 0. The number of piperazine rings is 1. The van der Waals surface area contributed by atoms with Crippen molar-refractivity contribution in [3.63, 3.8) is 0 Å². The molecule has 0 spiro atoms. The van der Waals surface area contributed by atoms with E-state index in [2.05, 4.69) is 15.9 Å². The SMILES string of the molecule is Cc1cc(C(C#N)N2CCN(CCO)CC2)ccc1F. The normalized spacial score (nSPS) is 18.7. The summed E-state index contributed by atoms with van der Waals surface area (Å²) >= 11 is 0. The van der Waals surface area contributed by atoms with Gasteiger partial charge in [0, 0.05) is 32.7 Å². The number of benzene rings is 1. The van der Waals surface area contributed by atoms with Crippen LogP contribution in [0, 0.1) is 24.1 Å². The first kappa shape index (κ1) is 14.9. The summed E-state index contributed by atoms with van der Waals surface area (Å²) in [5, 5.41) is 18.4. The third kappa shape index (κ3) is 3.34. The Morgan fingerprint density at radius 2 is 2.05 bits per heavy atom. The van der Waals surface area contributed by atoms with Crippen molar-refractivity contribution in [1.82, 2.24) is 9.80 Å². The molecule has 1 heterocycles. The second kappa shape index (κ2) is 6.80. The van der Waals surface area contributed by atoms with Crippen LogP contribution in [0.4, 0.5) is 4.39 Å². The van der Waals surface area contributed by atoms with Crippen molar-refractivity contribution >= 4 is 0 Å². The molecule has 1 aliphatic heterocycles. The Balaban J connectivity index is 2.06. The van der Waals surface area contributed by atoms with Crippen LogP contribution in [-0.2, 0) is 0 Å². The van der Waals surface area contributed by atoms with E-state index in [1.54, 1.807) is 19.1 Å². The minimum absolute atomic E-state index is 0.166. The van der Waals surface area contributed by atoms with E-state index in [-0.39, 0.29) is 18.5 Å². The van der Waals surface area contributed by atoms with E-state index in [1.165, 1.54) is 6.07 Å². The zero-order chi connectivity index (χ0) is 14.5. The molecular weight excluding hydrogens is 257 g/mol. The summed E-state index contributed by atoms with van der Waals surface area (Å²) in [5.41, 5.74) is 1.42. The maximum Gasteiger partial charge on any atom is 0.126 e. The number of rotatable bonds is 4. The summed E-state index contributed by atoms with van der Waals surface area (Å²) in [4.78, 5) is 4.29. The first-order valence-corrected chi connectivity index (χ1v) is 6.88. The van der Waals surface area contributed by atoms with Crippen molar-refractivity contribution in [2.24, 2.45) is 0 Å². The Morgan fingerprint density at radius 3 is 2.60 bits per heavy atom. The standard InChI is InChI=1S/C15H20FN3O/c1-12-10-13(2-3-14(12)16)15(11-17)19-6-4-18(5-7-19)8-9-20/h2-3,10,15,20H,4-9H2,1H3. The predicted molar refractivity (Wildman–Crippen MR) is 74.6 cm³/mol. The molecule has 4 nitrogen and oxygen atoms in total. The van der Waals surface area contributed by atoms with E-state index in [1.807, 2.05) is 0 Å². The van der Waals surface area contributed by atoms with Gasteiger partial charge in [-0.25, -0.2) is 4.39 Å². The molecule has 1 fully saturated rings. The van der Waals surface area contributed by atoms with Gasteiger partial charge >= 0.3 is 0 Å². The molecule has 1 aromatic carbocycles. The molecule has 1 atom stereocenters. The summed E-state index contributed by atoms with van der Waals surface area (Å²) in [6.45, 7) is 5.83. The minimum atomic E-state index is -0.328. The van der Waals surface area contributed by atoms with Crippen molar-refractivity contribution in [3.05, 3.63) is 35.1 Å². The van der Waals surface area contributed by atoms with Crippen molar-refractivity contribution < 1.29 is 9.50 Å². The highest BCUT2D eigenvalue weighted by Crippen LogP contribution is 2.23. The van der Waals surface area contributed by atoms with Crippen LogP contribution in [-0.4, -0.2) is 54.2 Å². The van der Waals surface area contributed by atoms with Crippen molar-refractivity contribution in [1.29, 1.82) is 5.26 Å². The first-order valence-electron chi connectivity index (χ1n) is 6.88. The number of hydrogen-bond acceptors (Lipinski definition) is 4. The molecule has 1 unspecified atom stereocenters. The number of aliphatic hydroxyl groups excluding tert-OH is 1. The fourth-order valence-corrected chi connectivity index (χ4v) is 2.59. The summed E-state index contributed by atoms with van der Waals surface area (Å²) in [6, 6.07) is 6.86. The van der Waals surface area contributed by atoms with Gasteiger partial charge in [0.15, 0.2) is 0 Å². The van der Waals surface area contributed by atoms with Gasteiger partial charge in [-0.1, -0.05) is 12.1 Å². The van der Waals surface area contributed by atoms with Crippen LogP contribution in [0.5, 0.6) is 0 Å². The molecular formula is C15H20FN3O. The van der Waals surface area contributed by atoms with Crippen LogP contribution in [0.1, 0.15) is 17.2 Å². The monoisotopic (exact) mass is 277 g/mol. The van der Waals surface area contributed by atoms with Gasteiger partial charge in [-0.3, -0.25) is 9.80 Å². The Morgan fingerprint density at radius 1 is 1.35 bits per heavy atom. The third-order valence-electron chi connectivity index (χ3n) is 3.81. The second-order valence-corrected chi connectivity index (χ2v) is 5.14. The lowest BCUT2D eigenvalue weighted by Gasteiger charge is -2.36. The Hall–Kier alpha value is -1.48. The Kier molecular flexibility index (Phi) is 5.07. The van der Waals surface area contributed by atoms with E-state index in [0.717, 1.165) is 31.7 Å². The van der Waals surface area contributed by atoms with Crippen LogP contribution in [0.3, 0.4) is 0 Å². The molecule has 0 radical (unpaired) electrons. The Labute approximate surface area is 119 Å². The highest BCUT2D eigenvalue weighted by Gasteiger charge is 2.24. The molecule has 0 aliphatic carbocycles. The fraction of sp³-hybridized carbons (Fsp3) is 0.533. The topological polar surface area (TPSA) is 50.5 Å². The summed E-state index contributed by atoms with van der Waals surface area (Å²) in [5.74, 6) is -0.238. The molecule has 0 bridgehead atoms. The zero-order valence-corrected chi connectivity index (χ0v) is 11.7. The molecule has 0 amide bonds. The van der Waals surface area contributed by atoms with E-state index >= 15 is 0 Å². The molecule has 0 aromatic heterocycles. The molecule has 108 valence electrons. The van der Waals surface area contributed by atoms with Gasteiger partial charge < -0.3 is 5.11 Å². The van der Waals surface area contributed by atoms with Crippen molar-refractivity contribution in [2.75, 3.05) is 39.3 Å². The van der Waals surface area contributed by atoms with E-state index < -0.39 is 0 Å². The molecule has 0 saturated carbocycles. The summed E-state index contributed by atoms with van der Waals surface area (Å²) in [6.07, 6.45) is 0. The number of hydrogen-bond donors (Lipinski definition) is 1. The number of nitrogens with zero attached hydrogens (tertiary/aromatic N) is 3. The molecule has 1 aliphatic rings. The van der Waals surface area contributed by atoms with Crippen molar-refractivity contribution in [3.8, 4) is 6.07 Å². The van der Waals surface area contributed by atoms with E-state index in [0.29, 0.717) is 12.1 Å². The predicted octanol–water partition coefficient (Wildman–Crippen LogP) is 1.31. The lowest BCUT2D eigenvalue weighted by Crippen LogP contribution is -2.48. The summed E-state index contributed by atoms with van der Waals surface area (Å²) < 4.78 is 13.3. The molecule has 2 rings (SSSR count). The molecule has 1 saturated heterocycles. The molecule has 1 N–H and O–H groups in total. The van der Waals surface area contributed by atoms with Crippen LogP contribution >= 0.6 is 0 Å². The average Bonchev–Trinajstić information content (AvgIpc) is 2.46. The quantitative estimate of drug-likeness (QED) is 0.901. The zero-order valence-electron chi connectivity index (χ0n) is 11.7. The maximum absolute atomic E-state index is 13.3. The highest BCUT2D eigenvalue weighted by molar-refractivity contribution is 5.29. The lowest BCUT2D eigenvalue weighted by atomic mass is 10.0. The van der Waals surface area contributed by atoms with Crippen LogP contribution in [0.15, 0.2) is 18.2 Å². The largest absolute Gasteiger partial charge is 0.395 e. The van der Waals surface area contributed by atoms with Crippen LogP contribution < -0.4 is 0 Å². The second-order valence-electron chi connectivity index (χ2n) is 5.14. The number of halogens is 1. The maximum atomic E-state index is 13.3. The van der Waals surface area contributed by atoms with E-state index in [9.17, 15) is 9.65 Å². The van der Waals surface area contributed by atoms with E-state index in [4.69, 9.17) is 5.11 Å². The van der Waals surface area contributed by atoms with Gasteiger partial charge in [-0.2, -0.15) is 5.26 Å². The van der Waals surface area contributed by atoms with Gasteiger partial charge in [0.2, 0.25) is 0 Å². The lowest BCUT2D eigenvalue weighted by molar-refractivity contribution is 0.0982. The van der Waals surface area contributed by atoms with Gasteiger partial charge in [0.1, 0.15) is 11.9 Å². The van der Waals surface area contributed by atoms with Gasteiger partial charge in [-0.05, 0) is 24.1 Å². The molecule has 5 heteroatoms. The smallest absolute Gasteiger partial charge is 0.126 e. The van der Waals surface area contributed by atoms with Crippen LogP contribution in [0.2, 0.25) is 0 Å². The first-order chi connectivity index (χ1) is 9.65. The molecule has 20 heavy (non-hydrogen) atoms.